The van der Waals surface area contributed by atoms with E-state index in [0.717, 1.165) is 12.8 Å². The van der Waals surface area contributed by atoms with Crippen LogP contribution in [0.3, 0.4) is 0 Å². The molecule has 2 bridgehead atoms. The molecule has 1 saturated carbocycles. The average molecular weight is 326 g/mol. The molecule has 6 heteroatoms. The summed E-state index contributed by atoms with van der Waals surface area (Å²) in [5, 5.41) is 38.4. The van der Waals surface area contributed by atoms with E-state index in [1.807, 2.05) is 13.8 Å². The molecule has 3 rings (SSSR count). The van der Waals surface area contributed by atoms with Crippen LogP contribution in [-0.4, -0.2) is 17.8 Å². The maximum absolute atomic E-state index is 10.1. The molecule has 1 aliphatic carbocycles. The Kier molecular flexibility index (Phi) is 3.63. The van der Waals surface area contributed by atoms with Crippen LogP contribution in [0.4, 0.5) is 0 Å². The zero-order chi connectivity index (χ0) is 17.8. The number of nitrogens with zero attached hydrogens (tertiary/aromatic N) is 3. The van der Waals surface area contributed by atoms with E-state index in [1.165, 1.54) is 0 Å². The maximum Gasteiger partial charge on any atom is 0.217 e. The van der Waals surface area contributed by atoms with Crippen molar-refractivity contribution in [2.24, 2.45) is 28.6 Å². The van der Waals surface area contributed by atoms with Crippen molar-refractivity contribution >= 4 is 5.90 Å². The largest absolute Gasteiger partial charge is 0.447 e. The Bertz CT molecular complexity index is 683. The normalized spacial score (nSPS) is 42.4. The summed E-state index contributed by atoms with van der Waals surface area (Å²) in [5.41, 5.74) is -3.29. The van der Waals surface area contributed by atoms with Crippen LogP contribution in [0.5, 0.6) is 0 Å². The van der Waals surface area contributed by atoms with Crippen molar-refractivity contribution in [1.29, 1.82) is 21.2 Å². The van der Waals surface area contributed by atoms with Gasteiger partial charge in [-0.25, -0.2) is 0 Å². The maximum atomic E-state index is 10.1. The number of ether oxygens (including phenoxy) is 2. The van der Waals surface area contributed by atoms with Crippen LogP contribution < -0.4 is 0 Å². The summed E-state index contributed by atoms with van der Waals surface area (Å²) in [6, 6.07) is 6.36. The molecule has 5 unspecified atom stereocenters. The molecule has 0 aromatic carbocycles. The monoisotopic (exact) mass is 326 g/mol. The zero-order valence-corrected chi connectivity index (χ0v) is 14.3. The number of rotatable bonds is 2. The molecule has 6 nitrogen and oxygen atoms in total. The van der Waals surface area contributed by atoms with E-state index in [-0.39, 0.29) is 11.8 Å². The Morgan fingerprint density at radius 1 is 1.25 bits per heavy atom. The Labute approximate surface area is 142 Å². The lowest BCUT2D eigenvalue weighted by Gasteiger charge is -2.53. The molecular formula is C18H22N4O2. The number of nitrogens with one attached hydrogen (secondary N) is 1. The predicted octanol–water partition coefficient (Wildman–Crippen LogP) is 3.11. The Balaban J connectivity index is 2.26. The van der Waals surface area contributed by atoms with Gasteiger partial charge in [-0.3, -0.25) is 5.41 Å². The standard InChI is InChI=1S/C18H22N4O2/c1-4-12-5-6-18-13(7-12)17(10-21,15(22)24-18)16(8-19,9-20)14(23-18)11(2)3/h11-14,22H,4-7H2,1-3H3. The summed E-state index contributed by atoms with van der Waals surface area (Å²) in [4.78, 5) is 0. The van der Waals surface area contributed by atoms with E-state index in [1.54, 1.807) is 0 Å². The third-order valence-corrected chi connectivity index (χ3v) is 6.24. The van der Waals surface area contributed by atoms with E-state index in [4.69, 9.17) is 14.9 Å². The topological polar surface area (TPSA) is 114 Å². The quantitative estimate of drug-likeness (QED) is 0.837. The minimum atomic E-state index is -1.73. The lowest BCUT2D eigenvalue weighted by molar-refractivity contribution is -0.303. The summed E-state index contributed by atoms with van der Waals surface area (Å²) in [6.07, 6.45) is 2.34. The molecule has 0 radical (unpaired) electrons. The van der Waals surface area contributed by atoms with Crippen molar-refractivity contribution in [1.82, 2.24) is 0 Å². The van der Waals surface area contributed by atoms with Crippen molar-refractivity contribution in [2.75, 3.05) is 0 Å². The van der Waals surface area contributed by atoms with Gasteiger partial charge in [0.05, 0.1) is 30.2 Å². The molecule has 24 heavy (non-hydrogen) atoms. The minimum absolute atomic E-state index is 0.145. The predicted molar refractivity (Wildman–Crippen MR) is 84.1 cm³/mol. The molecule has 2 aliphatic heterocycles. The summed E-state index contributed by atoms with van der Waals surface area (Å²) in [7, 11) is 0. The van der Waals surface area contributed by atoms with Gasteiger partial charge in [-0.2, -0.15) is 15.8 Å². The van der Waals surface area contributed by atoms with Crippen molar-refractivity contribution in [2.45, 2.75) is 58.3 Å². The fraction of sp³-hybridized carbons (Fsp3) is 0.778. The Morgan fingerprint density at radius 2 is 1.92 bits per heavy atom. The molecule has 0 aromatic rings. The average Bonchev–Trinajstić information content (AvgIpc) is 2.78. The Morgan fingerprint density at radius 3 is 2.42 bits per heavy atom. The minimum Gasteiger partial charge on any atom is -0.447 e. The molecule has 0 spiro atoms. The van der Waals surface area contributed by atoms with E-state index in [9.17, 15) is 15.8 Å². The van der Waals surface area contributed by atoms with Gasteiger partial charge in [-0.15, -0.1) is 0 Å². The van der Waals surface area contributed by atoms with Crippen LogP contribution in [0, 0.1) is 68.0 Å². The molecule has 3 aliphatic rings. The highest BCUT2D eigenvalue weighted by Crippen LogP contribution is 2.67. The lowest BCUT2D eigenvalue weighted by Crippen LogP contribution is -2.65. The number of hydrogen-bond donors (Lipinski definition) is 1. The van der Waals surface area contributed by atoms with Gasteiger partial charge >= 0.3 is 0 Å². The van der Waals surface area contributed by atoms with E-state index < -0.39 is 28.6 Å². The highest BCUT2D eigenvalue weighted by Gasteiger charge is 2.80. The van der Waals surface area contributed by atoms with Gasteiger partial charge in [0, 0.05) is 6.42 Å². The first kappa shape index (κ1) is 16.7. The fourth-order valence-corrected chi connectivity index (χ4v) is 4.95. The molecule has 1 N–H and O–H groups in total. The van der Waals surface area contributed by atoms with Gasteiger partial charge in [-0.1, -0.05) is 27.2 Å². The van der Waals surface area contributed by atoms with Crippen molar-refractivity contribution in [3.8, 4) is 18.2 Å². The summed E-state index contributed by atoms with van der Waals surface area (Å²) < 4.78 is 12.1. The van der Waals surface area contributed by atoms with Crippen LogP contribution in [0.15, 0.2) is 0 Å². The first-order valence-electron chi connectivity index (χ1n) is 8.57. The van der Waals surface area contributed by atoms with Gasteiger partial charge in [0.2, 0.25) is 11.7 Å². The van der Waals surface area contributed by atoms with Crippen molar-refractivity contribution < 1.29 is 9.47 Å². The fourth-order valence-electron chi connectivity index (χ4n) is 4.95. The van der Waals surface area contributed by atoms with Crippen LogP contribution in [-0.2, 0) is 9.47 Å². The van der Waals surface area contributed by atoms with Gasteiger partial charge in [0.1, 0.15) is 0 Å². The third-order valence-electron chi connectivity index (χ3n) is 6.24. The molecule has 0 amide bonds. The van der Waals surface area contributed by atoms with Crippen LogP contribution in [0.1, 0.15) is 46.5 Å². The third kappa shape index (κ3) is 1.64. The van der Waals surface area contributed by atoms with E-state index in [0.29, 0.717) is 18.8 Å². The molecule has 3 fully saturated rings. The van der Waals surface area contributed by atoms with Gasteiger partial charge < -0.3 is 9.47 Å². The summed E-state index contributed by atoms with van der Waals surface area (Å²) >= 11 is 0. The van der Waals surface area contributed by atoms with Crippen molar-refractivity contribution in [3.63, 3.8) is 0 Å². The van der Waals surface area contributed by atoms with E-state index in [2.05, 4.69) is 25.1 Å². The van der Waals surface area contributed by atoms with Gasteiger partial charge in [-0.05, 0) is 24.7 Å². The first-order chi connectivity index (χ1) is 11.4. The summed E-state index contributed by atoms with van der Waals surface area (Å²) in [5.74, 6) is -1.51. The molecule has 126 valence electrons. The zero-order valence-electron chi connectivity index (χ0n) is 14.3. The molecular weight excluding hydrogens is 304 g/mol. The van der Waals surface area contributed by atoms with Gasteiger partial charge in [0.25, 0.3) is 0 Å². The van der Waals surface area contributed by atoms with Crippen LogP contribution >= 0.6 is 0 Å². The molecule has 2 saturated heterocycles. The summed E-state index contributed by atoms with van der Waals surface area (Å²) in [6.45, 7) is 5.84. The number of hydrogen-bond acceptors (Lipinski definition) is 6. The molecule has 5 atom stereocenters. The highest BCUT2D eigenvalue weighted by atomic mass is 16.7. The second-order valence-electron chi connectivity index (χ2n) is 7.58. The lowest BCUT2D eigenvalue weighted by atomic mass is 9.50. The second-order valence-corrected chi connectivity index (χ2v) is 7.58. The van der Waals surface area contributed by atoms with Crippen LogP contribution in [0.2, 0.25) is 0 Å². The Hall–Kier alpha value is -2.10. The molecule has 0 aromatic heterocycles. The second kappa shape index (κ2) is 5.20. The van der Waals surface area contributed by atoms with Gasteiger partial charge in [0.15, 0.2) is 10.8 Å². The molecule has 2 heterocycles. The van der Waals surface area contributed by atoms with Crippen molar-refractivity contribution in [3.05, 3.63) is 0 Å². The van der Waals surface area contributed by atoms with Crippen LogP contribution in [0.25, 0.3) is 0 Å². The highest BCUT2D eigenvalue weighted by molar-refractivity contribution is 5.89. The van der Waals surface area contributed by atoms with E-state index >= 15 is 0 Å². The number of nitriles is 3. The first-order valence-corrected chi connectivity index (χ1v) is 8.57. The SMILES string of the molecule is CCC1CCC23OC(=N)C(C#N)(C2C1)C(C#N)(C#N)C(C(C)C)O3. The smallest absolute Gasteiger partial charge is 0.217 e.